The number of alkyl halides is 3. The summed E-state index contributed by atoms with van der Waals surface area (Å²) in [6.45, 7) is 0.0806. The molecule has 0 fully saturated rings. The highest BCUT2D eigenvalue weighted by molar-refractivity contribution is 7.11. The fourth-order valence-electron chi connectivity index (χ4n) is 0.663. The summed E-state index contributed by atoms with van der Waals surface area (Å²) in [5.41, 5.74) is 0. The van der Waals surface area contributed by atoms with Crippen molar-refractivity contribution >= 4 is 17.7 Å². The molecule has 0 aliphatic heterocycles. The van der Waals surface area contributed by atoms with Crippen LogP contribution in [-0.2, 0) is 17.5 Å². The van der Waals surface area contributed by atoms with E-state index in [1.165, 1.54) is 0 Å². The highest BCUT2D eigenvalue weighted by Crippen LogP contribution is 2.32. The Hall–Kier alpha value is -1.11. The number of hydrogen-bond acceptors (Lipinski definition) is 3. The first kappa shape index (κ1) is 9.97. The first-order chi connectivity index (χ1) is 6.04. The monoisotopic (exact) mass is 210 g/mol. The van der Waals surface area contributed by atoms with Crippen LogP contribution in [0, 0.1) is 0 Å². The molecule has 0 radical (unpaired) electrons. The van der Waals surface area contributed by atoms with Crippen molar-refractivity contribution in [2.75, 3.05) is 0 Å². The quantitative estimate of drug-likeness (QED) is 0.766. The van der Waals surface area contributed by atoms with Crippen LogP contribution in [0.4, 0.5) is 13.2 Å². The van der Waals surface area contributed by atoms with E-state index in [0.29, 0.717) is 22.6 Å². The largest absolute Gasteiger partial charge is 0.443 e. The lowest BCUT2D eigenvalue weighted by molar-refractivity contribution is -0.137. The fraction of sp³-hybridized carbons (Fsp3) is 0.333. The molecule has 1 rings (SSSR count). The summed E-state index contributed by atoms with van der Waals surface area (Å²) in [6.07, 6.45) is -2.87. The second-order valence-corrected chi connectivity index (χ2v) is 3.24. The Labute approximate surface area is 75.6 Å². The minimum atomic E-state index is -4.40. The van der Waals surface area contributed by atoms with E-state index in [1.54, 1.807) is 0 Å². The lowest BCUT2D eigenvalue weighted by Crippen LogP contribution is -2.08. The van der Waals surface area contributed by atoms with E-state index in [1.807, 2.05) is 0 Å². The number of thiazole rings is 1. The summed E-state index contributed by atoms with van der Waals surface area (Å²) < 4.78 is 35.9. The molecule has 1 amide bonds. The third kappa shape index (κ3) is 2.69. The maximum absolute atomic E-state index is 12.0. The molecule has 0 saturated heterocycles. The molecule has 1 heterocycles. The van der Waals surface area contributed by atoms with Gasteiger partial charge in [0.1, 0.15) is 0 Å². The van der Waals surface area contributed by atoms with Gasteiger partial charge in [-0.05, 0) is 0 Å². The van der Waals surface area contributed by atoms with Gasteiger partial charge >= 0.3 is 6.18 Å². The SMILES string of the molecule is O=CNCc1cnc(C(F)(F)F)s1. The van der Waals surface area contributed by atoms with E-state index < -0.39 is 11.2 Å². The standard InChI is InChI=1S/C6H5F3N2OS/c7-6(8,9)5-11-2-4(13-5)1-10-3-12/h2-3H,1H2,(H,10,12). The molecule has 0 atom stereocenters. The number of carbonyl (C=O) groups is 1. The zero-order valence-corrected chi connectivity index (χ0v) is 7.08. The van der Waals surface area contributed by atoms with E-state index >= 15 is 0 Å². The number of aromatic nitrogens is 1. The van der Waals surface area contributed by atoms with Crippen LogP contribution in [0.15, 0.2) is 6.20 Å². The Balaban J connectivity index is 2.69. The highest BCUT2D eigenvalue weighted by Gasteiger charge is 2.34. The molecule has 1 N–H and O–H groups in total. The molecule has 0 spiro atoms. The van der Waals surface area contributed by atoms with Crippen molar-refractivity contribution in [3.8, 4) is 0 Å². The van der Waals surface area contributed by atoms with E-state index in [9.17, 15) is 18.0 Å². The third-order valence-corrected chi connectivity index (χ3v) is 2.20. The fourth-order valence-corrected chi connectivity index (χ4v) is 1.39. The molecule has 0 bridgehead atoms. The molecule has 7 heteroatoms. The van der Waals surface area contributed by atoms with Crippen LogP contribution in [-0.4, -0.2) is 11.4 Å². The van der Waals surface area contributed by atoms with Crippen molar-refractivity contribution in [1.29, 1.82) is 0 Å². The van der Waals surface area contributed by atoms with Crippen molar-refractivity contribution in [2.45, 2.75) is 12.7 Å². The van der Waals surface area contributed by atoms with Crippen molar-refractivity contribution in [3.63, 3.8) is 0 Å². The van der Waals surface area contributed by atoms with E-state index in [2.05, 4.69) is 10.3 Å². The van der Waals surface area contributed by atoms with Crippen LogP contribution in [0.1, 0.15) is 9.88 Å². The lowest BCUT2D eigenvalue weighted by Gasteiger charge is -1.98. The lowest BCUT2D eigenvalue weighted by atomic mass is 10.5. The van der Waals surface area contributed by atoms with Crippen LogP contribution >= 0.6 is 11.3 Å². The Morgan fingerprint density at radius 3 is 2.77 bits per heavy atom. The van der Waals surface area contributed by atoms with E-state index in [4.69, 9.17) is 0 Å². The first-order valence-corrected chi connectivity index (χ1v) is 4.04. The van der Waals surface area contributed by atoms with Crippen molar-refractivity contribution in [2.24, 2.45) is 0 Å². The molecule has 13 heavy (non-hydrogen) atoms. The normalized spacial score (nSPS) is 11.3. The topological polar surface area (TPSA) is 42.0 Å². The number of carbonyl (C=O) groups excluding carboxylic acids is 1. The van der Waals surface area contributed by atoms with Crippen LogP contribution in [0.25, 0.3) is 0 Å². The smallest absolute Gasteiger partial charge is 0.354 e. The van der Waals surface area contributed by atoms with Crippen molar-refractivity contribution in [3.05, 3.63) is 16.1 Å². The molecule has 1 aromatic rings. The molecule has 1 aromatic heterocycles. The maximum Gasteiger partial charge on any atom is 0.443 e. The van der Waals surface area contributed by atoms with E-state index in [0.717, 1.165) is 6.20 Å². The van der Waals surface area contributed by atoms with Crippen LogP contribution < -0.4 is 5.32 Å². The van der Waals surface area contributed by atoms with Crippen molar-refractivity contribution in [1.82, 2.24) is 10.3 Å². The zero-order chi connectivity index (χ0) is 9.90. The minimum absolute atomic E-state index is 0.0806. The molecule has 0 aliphatic rings. The van der Waals surface area contributed by atoms with Crippen LogP contribution in [0.3, 0.4) is 0 Å². The number of amides is 1. The summed E-state index contributed by atoms with van der Waals surface area (Å²) in [5.74, 6) is 0. The molecule has 0 saturated carbocycles. The molecule has 0 unspecified atom stereocenters. The van der Waals surface area contributed by atoms with Gasteiger partial charge in [-0.15, -0.1) is 11.3 Å². The molecular weight excluding hydrogens is 205 g/mol. The second-order valence-electron chi connectivity index (χ2n) is 2.13. The van der Waals surface area contributed by atoms with Gasteiger partial charge in [-0.2, -0.15) is 13.2 Å². The maximum atomic E-state index is 12.0. The van der Waals surface area contributed by atoms with Gasteiger partial charge in [0, 0.05) is 11.1 Å². The van der Waals surface area contributed by atoms with Gasteiger partial charge in [0.05, 0.1) is 6.54 Å². The Kier molecular flexibility index (Phi) is 2.86. The van der Waals surface area contributed by atoms with Gasteiger partial charge in [0.15, 0.2) is 5.01 Å². The number of nitrogens with zero attached hydrogens (tertiary/aromatic N) is 1. The molecular formula is C6H5F3N2OS. The van der Waals surface area contributed by atoms with Gasteiger partial charge in [-0.3, -0.25) is 4.79 Å². The summed E-state index contributed by atoms with van der Waals surface area (Å²) >= 11 is 0.522. The van der Waals surface area contributed by atoms with Gasteiger partial charge in [0.25, 0.3) is 0 Å². The van der Waals surface area contributed by atoms with Gasteiger partial charge in [-0.25, -0.2) is 4.98 Å². The second kappa shape index (κ2) is 3.73. The predicted octanol–water partition coefficient (Wildman–Crippen LogP) is 1.41. The zero-order valence-electron chi connectivity index (χ0n) is 6.26. The average molecular weight is 210 g/mol. The Morgan fingerprint density at radius 1 is 1.62 bits per heavy atom. The average Bonchev–Trinajstić information content (AvgIpc) is 2.47. The van der Waals surface area contributed by atoms with Gasteiger partial charge in [-0.1, -0.05) is 0 Å². The van der Waals surface area contributed by atoms with E-state index in [-0.39, 0.29) is 6.54 Å². The summed E-state index contributed by atoms with van der Waals surface area (Å²) in [7, 11) is 0. The highest BCUT2D eigenvalue weighted by atomic mass is 32.1. The van der Waals surface area contributed by atoms with Gasteiger partial charge < -0.3 is 5.32 Å². The van der Waals surface area contributed by atoms with Crippen LogP contribution in [0.2, 0.25) is 0 Å². The summed E-state index contributed by atoms with van der Waals surface area (Å²) in [6, 6.07) is 0. The van der Waals surface area contributed by atoms with Crippen molar-refractivity contribution < 1.29 is 18.0 Å². The first-order valence-electron chi connectivity index (χ1n) is 3.23. The van der Waals surface area contributed by atoms with Crippen LogP contribution in [0.5, 0.6) is 0 Å². The molecule has 72 valence electrons. The Morgan fingerprint density at radius 2 is 2.31 bits per heavy atom. The minimum Gasteiger partial charge on any atom is -0.354 e. The molecule has 0 aromatic carbocycles. The summed E-state index contributed by atoms with van der Waals surface area (Å²) in [4.78, 5) is 13.4. The summed E-state index contributed by atoms with van der Waals surface area (Å²) in [5, 5.41) is 1.36. The van der Waals surface area contributed by atoms with Gasteiger partial charge in [0.2, 0.25) is 6.41 Å². The number of halogens is 3. The number of nitrogens with one attached hydrogen (secondary N) is 1. The predicted molar refractivity (Wildman–Crippen MR) is 40.0 cm³/mol. The number of hydrogen-bond donors (Lipinski definition) is 1. The third-order valence-electron chi connectivity index (χ3n) is 1.16. The molecule has 0 aliphatic carbocycles. The Bertz CT molecular complexity index is 296. The number of rotatable bonds is 3. The molecule has 3 nitrogen and oxygen atoms in total.